The van der Waals surface area contributed by atoms with Gasteiger partial charge in [-0.3, -0.25) is 24.0 Å². The number of aliphatic hydroxyl groups is 5. The lowest BCUT2D eigenvalue weighted by molar-refractivity contribution is -0.124. The van der Waals surface area contributed by atoms with Crippen molar-refractivity contribution < 1.29 is 49.5 Å². The van der Waals surface area contributed by atoms with E-state index >= 15 is 0 Å². The average molecular weight is 1090 g/mol. The molecule has 7 atom stereocenters. The maximum absolute atomic E-state index is 11.4. The highest BCUT2D eigenvalue weighted by Gasteiger charge is 2.18. The van der Waals surface area contributed by atoms with Crippen molar-refractivity contribution in [3.05, 3.63) is 0 Å². The summed E-state index contributed by atoms with van der Waals surface area (Å²) in [7, 11) is 0. The molecule has 0 aliphatic carbocycles. The van der Waals surface area contributed by atoms with Crippen LogP contribution in [0.15, 0.2) is 0 Å². The molecule has 0 amide bonds. The first kappa shape index (κ1) is 83.0. The van der Waals surface area contributed by atoms with E-state index in [0.29, 0.717) is 38.0 Å². The summed E-state index contributed by atoms with van der Waals surface area (Å²) in [5.41, 5.74) is 0. The number of rotatable bonds is 42. The second kappa shape index (κ2) is 55.1. The normalized spacial score (nSPS) is 14.1. The molecule has 0 aliphatic heterocycles. The van der Waals surface area contributed by atoms with Crippen molar-refractivity contribution >= 4 is 28.9 Å². The van der Waals surface area contributed by atoms with Crippen LogP contribution in [0.2, 0.25) is 0 Å². The molecule has 456 valence electrons. The van der Waals surface area contributed by atoms with Crippen molar-refractivity contribution in [2.24, 2.45) is 53.3 Å². The molecule has 10 nitrogen and oxygen atoms in total. The molecular formula is C66H132O10. The minimum Gasteiger partial charge on any atom is -0.393 e. The summed E-state index contributed by atoms with van der Waals surface area (Å²) < 4.78 is 0. The van der Waals surface area contributed by atoms with E-state index in [2.05, 4.69) is 62.3 Å². The van der Waals surface area contributed by atoms with Gasteiger partial charge in [0.25, 0.3) is 0 Å². The van der Waals surface area contributed by atoms with Gasteiger partial charge in [-0.05, 0) is 62.2 Å². The SMILES string of the molecule is CC(C)CCCCC[C@@H](O)CC(=O)C(C)C.CC(C)CCCC[C@@H](O)CC(=O)C(C)C.CCC(C)CC[C@@H](O)CC(=O)C(C)C.CCCCCCC[C@@H](O)CC(=O)C(C)C.CC[C@H](C)CCCC[C@@H](O)CC(=O)C(C)C. The van der Waals surface area contributed by atoms with Gasteiger partial charge in [0.1, 0.15) is 28.9 Å². The molecule has 5 N–H and O–H groups in total. The summed E-state index contributed by atoms with van der Waals surface area (Å²) in [6.45, 7) is 38.7. The molecule has 1 unspecified atom stereocenters. The van der Waals surface area contributed by atoms with Crippen molar-refractivity contribution in [2.75, 3.05) is 0 Å². The number of aliphatic hydroxyl groups excluding tert-OH is 5. The number of Topliss-reactive ketones (excluding diaryl/α,β-unsaturated/α-hetero) is 5. The third kappa shape index (κ3) is 63.0. The van der Waals surface area contributed by atoms with Gasteiger partial charge in [0.05, 0.1) is 30.5 Å². The standard InChI is InChI=1S/2C14H28O2.2C13H26O2.C12H24O2/c1-11(2)8-6-5-7-9-13(15)10-14(16)12(3)4;1-5-12(4)8-6-7-9-13(15)10-14(16)11(2)3;1-10(2)7-5-6-8-12(14)9-13(15)11(3)4;1-4-5-6-7-8-9-12(14)10-13(15)11(2)3;1-5-10(4)6-7-11(13)8-12(14)9(2)3/h2*11-13,15H,5-10H2,1-4H3;10-12,14H,5-9H2,1-4H3;11-12,14H,4-10H2,1-3H3;9-11,13H,5-8H2,1-4H3/t13-;12-,13+;2*12-;10?,11-/m10111/s1. The van der Waals surface area contributed by atoms with Crippen LogP contribution < -0.4 is 0 Å². The Morgan fingerprint density at radius 2 is 0.474 bits per heavy atom. The fourth-order valence-corrected chi connectivity index (χ4v) is 7.63. The van der Waals surface area contributed by atoms with Crippen LogP contribution in [0.3, 0.4) is 0 Å². The van der Waals surface area contributed by atoms with Crippen LogP contribution in [0, 0.1) is 53.3 Å². The fourth-order valence-electron chi connectivity index (χ4n) is 7.63. The van der Waals surface area contributed by atoms with Gasteiger partial charge in [0.2, 0.25) is 0 Å². The summed E-state index contributed by atoms with van der Waals surface area (Å²) in [6, 6.07) is 0. The highest BCUT2D eigenvalue weighted by molar-refractivity contribution is 5.82. The topological polar surface area (TPSA) is 186 Å². The van der Waals surface area contributed by atoms with E-state index in [9.17, 15) is 49.5 Å². The van der Waals surface area contributed by atoms with Crippen LogP contribution in [0.25, 0.3) is 0 Å². The van der Waals surface area contributed by atoms with E-state index < -0.39 is 30.5 Å². The summed E-state index contributed by atoms with van der Waals surface area (Å²) >= 11 is 0. The molecule has 0 bridgehead atoms. The lowest BCUT2D eigenvalue weighted by atomic mass is 9.96. The van der Waals surface area contributed by atoms with E-state index in [-0.39, 0.29) is 58.5 Å². The first-order valence-corrected chi connectivity index (χ1v) is 31.4. The van der Waals surface area contributed by atoms with Crippen molar-refractivity contribution in [2.45, 2.75) is 342 Å². The predicted octanol–water partition coefficient (Wildman–Crippen LogP) is 16.4. The molecule has 0 heterocycles. The molecule has 10 heteroatoms. The smallest absolute Gasteiger partial charge is 0.137 e. The second-order valence-corrected chi connectivity index (χ2v) is 25.2. The van der Waals surface area contributed by atoms with Gasteiger partial charge in [0, 0.05) is 61.7 Å². The van der Waals surface area contributed by atoms with E-state index in [1.54, 1.807) is 0 Å². The molecule has 0 radical (unpaired) electrons. The van der Waals surface area contributed by atoms with Crippen LogP contribution >= 0.6 is 0 Å². The maximum Gasteiger partial charge on any atom is 0.137 e. The molecule has 0 aromatic rings. The molecule has 0 saturated carbocycles. The zero-order valence-corrected chi connectivity index (χ0v) is 53.7. The van der Waals surface area contributed by atoms with Gasteiger partial charge in [-0.25, -0.2) is 0 Å². The zero-order valence-electron chi connectivity index (χ0n) is 53.7. The van der Waals surface area contributed by atoms with Crippen LogP contribution in [-0.4, -0.2) is 85.0 Å². The third-order valence-electron chi connectivity index (χ3n) is 14.3. The molecule has 0 aliphatic rings. The molecule has 76 heavy (non-hydrogen) atoms. The van der Waals surface area contributed by atoms with E-state index in [0.717, 1.165) is 94.8 Å². The van der Waals surface area contributed by atoms with Gasteiger partial charge in [-0.1, -0.05) is 241 Å². The Morgan fingerprint density at radius 3 is 0.737 bits per heavy atom. The summed E-state index contributed by atoms with van der Waals surface area (Å²) in [6.07, 6.45) is 24.4. The lowest BCUT2D eigenvalue weighted by Crippen LogP contribution is -2.17. The molecular weight excluding hydrogens is 953 g/mol. The first-order chi connectivity index (χ1) is 35.4. The minimum atomic E-state index is -0.432. The van der Waals surface area contributed by atoms with E-state index in [4.69, 9.17) is 0 Å². The minimum absolute atomic E-state index is 0.0493. The summed E-state index contributed by atoms with van der Waals surface area (Å²) in [5.74, 6) is 4.07. The number of ketones is 5. The second-order valence-electron chi connectivity index (χ2n) is 25.2. The van der Waals surface area contributed by atoms with E-state index in [1.807, 2.05) is 69.2 Å². The van der Waals surface area contributed by atoms with Crippen molar-refractivity contribution in [3.8, 4) is 0 Å². The molecule has 0 aromatic heterocycles. The summed E-state index contributed by atoms with van der Waals surface area (Å²) in [5, 5.41) is 48.1. The lowest BCUT2D eigenvalue weighted by Gasteiger charge is -2.13. The molecule has 0 fully saturated rings. The van der Waals surface area contributed by atoms with Crippen LogP contribution in [0.1, 0.15) is 311 Å². The number of hydrogen-bond donors (Lipinski definition) is 5. The predicted molar refractivity (Wildman–Crippen MR) is 324 cm³/mol. The van der Waals surface area contributed by atoms with Crippen molar-refractivity contribution in [1.29, 1.82) is 0 Å². The Morgan fingerprint density at radius 1 is 0.263 bits per heavy atom. The number of carbonyl (C=O) groups excluding carboxylic acids is 5. The van der Waals surface area contributed by atoms with Gasteiger partial charge < -0.3 is 25.5 Å². The Balaban J connectivity index is -0.000000277. The monoisotopic (exact) mass is 1080 g/mol. The quantitative estimate of drug-likeness (QED) is 0.0368. The number of carbonyl (C=O) groups is 5. The van der Waals surface area contributed by atoms with Gasteiger partial charge in [-0.15, -0.1) is 0 Å². The number of unbranched alkanes of at least 4 members (excludes halogenated alkanes) is 8. The molecule has 0 saturated heterocycles. The Kier molecular flexibility index (Phi) is 60.1. The highest BCUT2D eigenvalue weighted by atomic mass is 16.3. The largest absolute Gasteiger partial charge is 0.393 e. The molecule has 0 rings (SSSR count). The van der Waals surface area contributed by atoms with Crippen molar-refractivity contribution in [1.82, 2.24) is 0 Å². The van der Waals surface area contributed by atoms with Gasteiger partial charge in [0.15, 0.2) is 0 Å². The Bertz CT molecular complexity index is 1340. The van der Waals surface area contributed by atoms with Gasteiger partial charge >= 0.3 is 0 Å². The third-order valence-corrected chi connectivity index (χ3v) is 14.3. The van der Waals surface area contributed by atoms with Crippen LogP contribution in [0.4, 0.5) is 0 Å². The molecule has 0 spiro atoms. The van der Waals surface area contributed by atoms with E-state index in [1.165, 1.54) is 70.6 Å². The van der Waals surface area contributed by atoms with Crippen LogP contribution in [-0.2, 0) is 24.0 Å². The molecule has 0 aromatic carbocycles. The maximum atomic E-state index is 11.4. The summed E-state index contributed by atoms with van der Waals surface area (Å²) in [4.78, 5) is 56.7. The Hall–Kier alpha value is -1.85. The van der Waals surface area contributed by atoms with Crippen LogP contribution in [0.5, 0.6) is 0 Å². The average Bonchev–Trinajstić information content (AvgIpc) is 3.33. The highest BCUT2D eigenvalue weighted by Crippen LogP contribution is 2.18. The number of hydrogen-bond acceptors (Lipinski definition) is 10. The van der Waals surface area contributed by atoms with Gasteiger partial charge in [-0.2, -0.15) is 0 Å². The van der Waals surface area contributed by atoms with Crippen molar-refractivity contribution in [3.63, 3.8) is 0 Å². The zero-order chi connectivity index (χ0) is 59.8. The first-order valence-electron chi connectivity index (χ1n) is 31.4. The Labute approximate surface area is 471 Å². The fraction of sp³-hybridized carbons (Fsp3) is 0.924.